The third kappa shape index (κ3) is 5.01. The Balaban J connectivity index is 1.23. The second-order valence-corrected chi connectivity index (χ2v) is 9.97. The summed E-state index contributed by atoms with van der Waals surface area (Å²) in [6.07, 6.45) is 8.37. The van der Waals surface area contributed by atoms with Gasteiger partial charge in [0, 0.05) is 50.4 Å². The third-order valence-electron chi connectivity index (χ3n) is 7.56. The van der Waals surface area contributed by atoms with Crippen LogP contribution in [0.25, 0.3) is 11.0 Å². The van der Waals surface area contributed by atoms with Crippen LogP contribution in [0.4, 0.5) is 5.69 Å². The average Bonchev–Trinajstić information content (AvgIpc) is 3.55. The monoisotopic (exact) mass is 499 g/mol. The molecule has 1 aromatic carbocycles. The van der Waals surface area contributed by atoms with Crippen LogP contribution in [0.2, 0.25) is 0 Å². The highest BCUT2D eigenvalue weighted by atomic mass is 16.5. The minimum atomic E-state index is 0.000173. The zero-order valence-electron chi connectivity index (χ0n) is 21.3. The van der Waals surface area contributed by atoms with Gasteiger partial charge in [0.1, 0.15) is 5.65 Å². The number of hydrogen-bond donors (Lipinski definition) is 1. The van der Waals surface area contributed by atoms with Gasteiger partial charge in [0.25, 0.3) is 0 Å². The summed E-state index contributed by atoms with van der Waals surface area (Å²) in [5.74, 6) is 0. The van der Waals surface area contributed by atoms with Gasteiger partial charge in [-0.1, -0.05) is 29.5 Å². The van der Waals surface area contributed by atoms with Gasteiger partial charge in [-0.15, -0.1) is 5.10 Å². The molecule has 1 fully saturated rings. The summed E-state index contributed by atoms with van der Waals surface area (Å²) < 4.78 is 9.35. The molecule has 1 aliphatic heterocycles. The van der Waals surface area contributed by atoms with Crippen molar-refractivity contribution in [1.82, 2.24) is 29.4 Å². The van der Waals surface area contributed by atoms with Crippen LogP contribution in [0.5, 0.6) is 0 Å². The summed E-state index contributed by atoms with van der Waals surface area (Å²) in [6, 6.07) is 10.8. The minimum absolute atomic E-state index is 0.000173. The first-order valence-corrected chi connectivity index (χ1v) is 13.2. The topological polar surface area (TPSA) is 90.1 Å². The molecule has 4 aromatic rings. The summed E-state index contributed by atoms with van der Waals surface area (Å²) in [5, 5.41) is 12.7. The van der Waals surface area contributed by atoms with Crippen molar-refractivity contribution in [1.29, 1.82) is 0 Å². The summed E-state index contributed by atoms with van der Waals surface area (Å²) in [7, 11) is 0. The second kappa shape index (κ2) is 10.4. The maximum absolute atomic E-state index is 13.6. The van der Waals surface area contributed by atoms with Crippen LogP contribution in [-0.4, -0.2) is 68.3 Å². The maximum atomic E-state index is 13.6. The fraction of sp³-hybridized carbons (Fsp3) is 0.429. The molecule has 0 amide bonds. The van der Waals surface area contributed by atoms with Crippen LogP contribution in [0.15, 0.2) is 53.7 Å². The van der Waals surface area contributed by atoms with E-state index in [2.05, 4.69) is 51.7 Å². The number of aryl methyl sites for hydroxylation is 1. The number of rotatable bonds is 8. The van der Waals surface area contributed by atoms with E-state index in [0.29, 0.717) is 29.2 Å². The molecular formula is C28H33N7O2. The fourth-order valence-electron chi connectivity index (χ4n) is 5.53. The van der Waals surface area contributed by atoms with E-state index in [1.165, 1.54) is 11.1 Å². The Morgan fingerprint density at radius 3 is 2.65 bits per heavy atom. The predicted octanol–water partition coefficient (Wildman–Crippen LogP) is 2.51. The van der Waals surface area contributed by atoms with Crippen molar-refractivity contribution >= 4 is 16.7 Å². The van der Waals surface area contributed by atoms with Gasteiger partial charge in [-0.3, -0.25) is 9.69 Å². The molecule has 6 rings (SSSR count). The number of nitrogens with zero attached hydrogens (tertiary/aromatic N) is 6. The second-order valence-electron chi connectivity index (χ2n) is 9.97. The van der Waals surface area contributed by atoms with Gasteiger partial charge < -0.3 is 14.6 Å². The van der Waals surface area contributed by atoms with Crippen molar-refractivity contribution in [3.8, 4) is 0 Å². The lowest BCUT2D eigenvalue weighted by molar-refractivity contribution is 0.0382. The molecule has 0 unspecified atom stereocenters. The number of ether oxygens (including phenoxy) is 1. The standard InChI is InChI=1S/C28H33N7O2/c1-2-34-18-22(19-35-25(17-30-32-35)7-8-33-9-11-37-12-10-33)27(36)26-15-24(16-29-28(26)34)31-23-13-20-5-3-4-6-21(20)14-23/h3-6,15-18,23,31H,2,7-14,19H2,1H3. The molecule has 1 N–H and O–H groups in total. The molecule has 0 spiro atoms. The van der Waals surface area contributed by atoms with Gasteiger partial charge in [-0.2, -0.15) is 0 Å². The Hall–Kier alpha value is -3.56. The van der Waals surface area contributed by atoms with Crippen LogP contribution in [0, 0.1) is 0 Å². The Kier molecular flexibility index (Phi) is 6.72. The summed E-state index contributed by atoms with van der Waals surface area (Å²) in [5.41, 5.74) is 6.10. The number of fused-ring (bicyclic) bond motifs is 2. The lowest BCUT2D eigenvalue weighted by Gasteiger charge is -2.26. The van der Waals surface area contributed by atoms with Gasteiger partial charge in [0.05, 0.1) is 48.9 Å². The Morgan fingerprint density at radius 1 is 1.11 bits per heavy atom. The number of aromatic nitrogens is 5. The van der Waals surface area contributed by atoms with Crippen molar-refractivity contribution in [2.24, 2.45) is 0 Å². The quantitative estimate of drug-likeness (QED) is 0.398. The zero-order chi connectivity index (χ0) is 25.2. The highest BCUT2D eigenvalue weighted by Gasteiger charge is 2.21. The maximum Gasteiger partial charge on any atom is 0.196 e. The normalized spacial score (nSPS) is 16.4. The van der Waals surface area contributed by atoms with E-state index < -0.39 is 0 Å². The summed E-state index contributed by atoms with van der Waals surface area (Å²) in [6.45, 7) is 7.57. The molecule has 0 bridgehead atoms. The molecular weight excluding hydrogens is 466 g/mol. The Morgan fingerprint density at radius 2 is 1.89 bits per heavy atom. The first-order chi connectivity index (χ1) is 18.2. The fourth-order valence-corrected chi connectivity index (χ4v) is 5.53. The van der Waals surface area contributed by atoms with Gasteiger partial charge in [-0.05, 0) is 37.0 Å². The Labute approximate surface area is 216 Å². The lowest BCUT2D eigenvalue weighted by Crippen LogP contribution is -2.37. The highest BCUT2D eigenvalue weighted by molar-refractivity contribution is 5.79. The van der Waals surface area contributed by atoms with Gasteiger partial charge in [0.2, 0.25) is 0 Å². The summed E-state index contributed by atoms with van der Waals surface area (Å²) in [4.78, 5) is 20.7. The smallest absolute Gasteiger partial charge is 0.196 e. The third-order valence-corrected chi connectivity index (χ3v) is 7.56. The molecule has 37 heavy (non-hydrogen) atoms. The van der Waals surface area contributed by atoms with Crippen LogP contribution in [-0.2, 0) is 37.1 Å². The van der Waals surface area contributed by atoms with E-state index >= 15 is 0 Å². The van der Waals surface area contributed by atoms with Crippen molar-refractivity contribution in [3.05, 3.63) is 81.5 Å². The van der Waals surface area contributed by atoms with Crippen molar-refractivity contribution in [3.63, 3.8) is 0 Å². The molecule has 1 saturated heterocycles. The van der Waals surface area contributed by atoms with E-state index in [1.54, 1.807) is 0 Å². The number of hydrogen-bond acceptors (Lipinski definition) is 7. The molecule has 2 aliphatic rings. The van der Waals surface area contributed by atoms with Crippen LogP contribution in [0.1, 0.15) is 29.3 Å². The van der Waals surface area contributed by atoms with Gasteiger partial charge in [-0.25, -0.2) is 9.67 Å². The molecule has 0 radical (unpaired) electrons. The largest absolute Gasteiger partial charge is 0.380 e. The van der Waals surface area contributed by atoms with E-state index in [0.717, 1.165) is 70.0 Å². The van der Waals surface area contributed by atoms with E-state index in [-0.39, 0.29) is 5.43 Å². The van der Waals surface area contributed by atoms with Gasteiger partial charge >= 0.3 is 0 Å². The SMILES string of the molecule is CCn1cc(Cn2nncc2CCN2CCOCC2)c(=O)c2cc(NC3Cc4ccccc4C3)cnc21. The lowest BCUT2D eigenvalue weighted by atomic mass is 10.1. The van der Waals surface area contributed by atoms with Gasteiger partial charge in [0.15, 0.2) is 5.43 Å². The molecule has 3 aromatic heterocycles. The van der Waals surface area contributed by atoms with E-state index in [1.807, 2.05) is 33.9 Å². The number of morpholine rings is 1. The van der Waals surface area contributed by atoms with Crippen molar-refractivity contribution < 1.29 is 4.74 Å². The number of anilines is 1. The molecule has 0 saturated carbocycles. The van der Waals surface area contributed by atoms with E-state index in [9.17, 15) is 4.79 Å². The first-order valence-electron chi connectivity index (χ1n) is 13.2. The van der Waals surface area contributed by atoms with Crippen LogP contribution in [0.3, 0.4) is 0 Å². The van der Waals surface area contributed by atoms with E-state index in [4.69, 9.17) is 9.72 Å². The molecule has 0 atom stereocenters. The average molecular weight is 500 g/mol. The van der Waals surface area contributed by atoms with Crippen molar-refractivity contribution in [2.75, 3.05) is 38.2 Å². The molecule has 192 valence electrons. The minimum Gasteiger partial charge on any atom is -0.380 e. The van der Waals surface area contributed by atoms with Crippen molar-refractivity contribution in [2.45, 2.75) is 45.3 Å². The molecule has 1 aliphatic carbocycles. The molecule has 4 heterocycles. The molecule has 9 heteroatoms. The first kappa shape index (κ1) is 23.8. The number of benzene rings is 1. The van der Waals surface area contributed by atoms with Crippen LogP contribution >= 0.6 is 0 Å². The predicted molar refractivity (Wildman–Crippen MR) is 143 cm³/mol. The number of nitrogens with one attached hydrogen (secondary N) is 1. The summed E-state index contributed by atoms with van der Waals surface area (Å²) >= 11 is 0. The highest BCUT2D eigenvalue weighted by Crippen LogP contribution is 2.25. The number of pyridine rings is 2. The Bertz CT molecular complexity index is 1430. The van der Waals surface area contributed by atoms with Crippen LogP contribution < -0.4 is 10.7 Å². The molecule has 9 nitrogen and oxygen atoms in total. The zero-order valence-corrected chi connectivity index (χ0v) is 21.3.